The van der Waals surface area contributed by atoms with Crippen LogP contribution < -0.4 is 5.32 Å². The molecule has 0 heterocycles. The summed E-state index contributed by atoms with van der Waals surface area (Å²) in [6.07, 6.45) is 0.905. The van der Waals surface area contributed by atoms with E-state index in [1.165, 1.54) is 11.6 Å². The van der Waals surface area contributed by atoms with Crippen LogP contribution in [-0.2, 0) is 6.42 Å². The molecule has 0 radical (unpaired) electrons. The van der Waals surface area contributed by atoms with Crippen LogP contribution in [0.1, 0.15) is 12.5 Å². The largest absolute Gasteiger partial charge is 0.317 e. The molecule has 0 saturated carbocycles. The number of halogens is 2. The first-order valence-corrected chi connectivity index (χ1v) is 6.32. The molecule has 1 unspecified atom stereocenters. The Balaban J connectivity index is 2.25. The summed E-state index contributed by atoms with van der Waals surface area (Å²) in [6, 6.07) is 12.2. The van der Waals surface area contributed by atoms with Gasteiger partial charge in [-0.15, -0.1) is 0 Å². The highest BCUT2D eigenvalue weighted by atomic mass is 19.2. The Labute approximate surface area is 112 Å². The summed E-state index contributed by atoms with van der Waals surface area (Å²) >= 11 is 0. The molecule has 1 N–H and O–H groups in total. The van der Waals surface area contributed by atoms with Crippen molar-refractivity contribution in [3.05, 3.63) is 59.7 Å². The van der Waals surface area contributed by atoms with Crippen LogP contribution in [0.4, 0.5) is 8.78 Å². The summed E-state index contributed by atoms with van der Waals surface area (Å²) in [5.74, 6) is -1.61. The molecule has 2 rings (SSSR count). The van der Waals surface area contributed by atoms with Crippen molar-refractivity contribution in [2.45, 2.75) is 19.4 Å². The third-order valence-corrected chi connectivity index (χ3v) is 3.25. The van der Waals surface area contributed by atoms with Gasteiger partial charge in [0.1, 0.15) is 0 Å². The average Bonchev–Trinajstić information content (AvgIpc) is 2.43. The van der Waals surface area contributed by atoms with Crippen LogP contribution in [-0.4, -0.2) is 13.1 Å². The quantitative estimate of drug-likeness (QED) is 0.883. The Kier molecular flexibility index (Phi) is 4.27. The Bertz CT molecular complexity index is 549. The number of likely N-dealkylation sites (N-methyl/N-ethyl adjacent to an activating group) is 1. The summed E-state index contributed by atoms with van der Waals surface area (Å²) in [5.41, 5.74) is 2.16. The molecule has 0 aliphatic heterocycles. The van der Waals surface area contributed by atoms with Crippen molar-refractivity contribution >= 4 is 0 Å². The number of nitrogens with one attached hydrogen (secondary N) is 1. The van der Waals surface area contributed by atoms with E-state index in [1.54, 1.807) is 6.07 Å². The number of hydrogen-bond donors (Lipinski definition) is 1. The molecular formula is C16H17F2N. The third-order valence-electron chi connectivity index (χ3n) is 3.25. The predicted octanol–water partition coefficient (Wildman–Crippen LogP) is 3.78. The van der Waals surface area contributed by atoms with Gasteiger partial charge < -0.3 is 5.32 Å². The van der Waals surface area contributed by atoms with Gasteiger partial charge in [-0.05, 0) is 37.6 Å². The highest BCUT2D eigenvalue weighted by Crippen LogP contribution is 2.24. The first-order valence-electron chi connectivity index (χ1n) is 6.32. The van der Waals surface area contributed by atoms with Gasteiger partial charge in [0.25, 0.3) is 0 Å². The van der Waals surface area contributed by atoms with Gasteiger partial charge in [0.05, 0.1) is 0 Å². The van der Waals surface area contributed by atoms with Gasteiger partial charge in [0.15, 0.2) is 11.6 Å². The van der Waals surface area contributed by atoms with Gasteiger partial charge in [-0.2, -0.15) is 0 Å². The van der Waals surface area contributed by atoms with Crippen molar-refractivity contribution in [3.8, 4) is 11.1 Å². The van der Waals surface area contributed by atoms with E-state index in [4.69, 9.17) is 0 Å². The van der Waals surface area contributed by atoms with E-state index in [0.29, 0.717) is 17.2 Å². The Morgan fingerprint density at radius 1 is 1.05 bits per heavy atom. The lowest BCUT2D eigenvalue weighted by atomic mass is 10.0. The second kappa shape index (κ2) is 5.93. The molecule has 0 aromatic heterocycles. The van der Waals surface area contributed by atoms with E-state index < -0.39 is 11.6 Å². The SMILES string of the molecule is CNC(C)Cc1ccc(-c2cccc(F)c2F)cc1. The van der Waals surface area contributed by atoms with Crippen LogP contribution in [0.3, 0.4) is 0 Å². The van der Waals surface area contributed by atoms with Gasteiger partial charge in [-0.25, -0.2) is 8.78 Å². The maximum Gasteiger partial charge on any atom is 0.166 e. The second-order valence-electron chi connectivity index (χ2n) is 4.69. The predicted molar refractivity (Wildman–Crippen MR) is 74.0 cm³/mol. The molecule has 2 aromatic carbocycles. The fraction of sp³-hybridized carbons (Fsp3) is 0.250. The molecular weight excluding hydrogens is 244 g/mol. The molecule has 0 amide bonds. The Morgan fingerprint density at radius 2 is 1.74 bits per heavy atom. The topological polar surface area (TPSA) is 12.0 Å². The van der Waals surface area contributed by atoms with Crippen LogP contribution in [0.2, 0.25) is 0 Å². The molecule has 0 spiro atoms. The zero-order valence-corrected chi connectivity index (χ0v) is 11.1. The van der Waals surface area contributed by atoms with E-state index >= 15 is 0 Å². The van der Waals surface area contributed by atoms with Crippen LogP contribution in [0, 0.1) is 11.6 Å². The molecule has 0 bridgehead atoms. The number of rotatable bonds is 4. The summed E-state index contributed by atoms with van der Waals surface area (Å²) < 4.78 is 26.8. The van der Waals surface area contributed by atoms with Gasteiger partial charge in [-0.3, -0.25) is 0 Å². The smallest absolute Gasteiger partial charge is 0.166 e. The van der Waals surface area contributed by atoms with Crippen LogP contribution in [0.25, 0.3) is 11.1 Å². The normalized spacial score (nSPS) is 12.4. The third kappa shape index (κ3) is 3.18. The second-order valence-corrected chi connectivity index (χ2v) is 4.69. The molecule has 19 heavy (non-hydrogen) atoms. The van der Waals surface area contributed by atoms with Gasteiger partial charge in [0.2, 0.25) is 0 Å². The highest BCUT2D eigenvalue weighted by molar-refractivity contribution is 5.64. The Morgan fingerprint density at radius 3 is 2.37 bits per heavy atom. The van der Waals surface area contributed by atoms with Gasteiger partial charge in [0, 0.05) is 11.6 Å². The minimum absolute atomic E-state index is 0.299. The lowest BCUT2D eigenvalue weighted by molar-refractivity contribution is 0.511. The first kappa shape index (κ1) is 13.7. The minimum Gasteiger partial charge on any atom is -0.317 e. The van der Waals surface area contributed by atoms with Crippen molar-refractivity contribution in [1.82, 2.24) is 5.32 Å². The van der Waals surface area contributed by atoms with Crippen molar-refractivity contribution in [1.29, 1.82) is 0 Å². The lowest BCUT2D eigenvalue weighted by Crippen LogP contribution is -2.23. The van der Waals surface area contributed by atoms with E-state index in [2.05, 4.69) is 12.2 Å². The fourth-order valence-electron chi connectivity index (χ4n) is 2.00. The molecule has 0 aliphatic rings. The van der Waals surface area contributed by atoms with Gasteiger partial charge in [-0.1, -0.05) is 36.4 Å². The van der Waals surface area contributed by atoms with Crippen molar-refractivity contribution in [2.24, 2.45) is 0 Å². The number of hydrogen-bond acceptors (Lipinski definition) is 1. The first-order chi connectivity index (χ1) is 9.11. The average molecular weight is 261 g/mol. The van der Waals surface area contributed by atoms with Crippen LogP contribution in [0.15, 0.2) is 42.5 Å². The van der Waals surface area contributed by atoms with Gasteiger partial charge >= 0.3 is 0 Å². The van der Waals surface area contributed by atoms with Crippen LogP contribution >= 0.6 is 0 Å². The van der Waals surface area contributed by atoms with Crippen molar-refractivity contribution in [2.75, 3.05) is 7.05 Å². The zero-order valence-electron chi connectivity index (χ0n) is 11.1. The summed E-state index contributed by atoms with van der Waals surface area (Å²) in [5, 5.41) is 3.17. The minimum atomic E-state index is -0.814. The molecule has 2 aromatic rings. The van der Waals surface area contributed by atoms with Crippen LogP contribution in [0.5, 0.6) is 0 Å². The molecule has 3 heteroatoms. The van der Waals surface area contributed by atoms with E-state index in [9.17, 15) is 8.78 Å². The summed E-state index contributed by atoms with van der Waals surface area (Å²) in [6.45, 7) is 2.10. The molecule has 1 nitrogen and oxygen atoms in total. The van der Waals surface area contributed by atoms with E-state index in [1.807, 2.05) is 31.3 Å². The fourth-order valence-corrected chi connectivity index (χ4v) is 2.00. The van der Waals surface area contributed by atoms with Crippen molar-refractivity contribution in [3.63, 3.8) is 0 Å². The lowest BCUT2D eigenvalue weighted by Gasteiger charge is -2.10. The standard InChI is InChI=1S/C16H17F2N/c1-11(19-2)10-12-6-8-13(9-7-12)14-4-3-5-15(17)16(14)18/h3-9,11,19H,10H2,1-2H3. The molecule has 0 fully saturated rings. The molecule has 1 atom stereocenters. The summed E-state index contributed by atoms with van der Waals surface area (Å²) in [7, 11) is 1.92. The van der Waals surface area contributed by atoms with Crippen molar-refractivity contribution < 1.29 is 8.78 Å². The number of benzene rings is 2. The molecule has 0 saturated heterocycles. The van der Waals surface area contributed by atoms with E-state index in [-0.39, 0.29) is 0 Å². The molecule has 0 aliphatic carbocycles. The Hall–Kier alpha value is -1.74. The maximum atomic E-state index is 13.7. The molecule has 100 valence electrons. The monoisotopic (exact) mass is 261 g/mol. The van der Waals surface area contributed by atoms with E-state index in [0.717, 1.165) is 12.5 Å². The summed E-state index contributed by atoms with van der Waals surface area (Å²) in [4.78, 5) is 0. The highest BCUT2D eigenvalue weighted by Gasteiger charge is 2.09. The maximum absolute atomic E-state index is 13.7. The zero-order chi connectivity index (χ0) is 13.8.